The zero-order chi connectivity index (χ0) is 10.8. The van der Waals surface area contributed by atoms with Crippen LogP contribution < -0.4 is 5.32 Å². The Balaban J connectivity index is 3.06. The van der Waals surface area contributed by atoms with Crippen LogP contribution >= 0.6 is 0 Å². The Morgan fingerprint density at radius 2 is 1.93 bits per heavy atom. The zero-order valence-corrected chi connectivity index (χ0v) is 7.45. The highest BCUT2D eigenvalue weighted by Crippen LogP contribution is 2.31. The molecule has 0 spiro atoms. The average molecular weight is 207 g/mol. The monoisotopic (exact) mass is 207 g/mol. The third-order valence-electron chi connectivity index (χ3n) is 1.66. The first-order valence-corrected chi connectivity index (χ1v) is 4.05. The van der Waals surface area contributed by atoms with Gasteiger partial charge in [0.1, 0.15) is 5.82 Å². The summed E-state index contributed by atoms with van der Waals surface area (Å²) < 4.78 is 49.5. The van der Waals surface area contributed by atoms with Crippen LogP contribution in [0.25, 0.3) is 0 Å². The summed E-state index contributed by atoms with van der Waals surface area (Å²) in [7, 11) is 0. The van der Waals surface area contributed by atoms with Gasteiger partial charge in [0.25, 0.3) is 0 Å². The van der Waals surface area contributed by atoms with E-state index in [-0.39, 0.29) is 5.69 Å². The number of benzene rings is 1. The van der Waals surface area contributed by atoms with Crippen molar-refractivity contribution in [2.45, 2.75) is 13.1 Å². The van der Waals surface area contributed by atoms with Crippen LogP contribution in [-0.2, 0) is 6.18 Å². The minimum Gasteiger partial charge on any atom is -0.383 e. The third-order valence-corrected chi connectivity index (χ3v) is 1.66. The summed E-state index contributed by atoms with van der Waals surface area (Å²) in [4.78, 5) is 0. The Morgan fingerprint density at radius 3 is 2.43 bits per heavy atom. The number of alkyl halides is 3. The SMILES string of the molecule is CCNc1cc(C(F)(F)F)ccc1F. The van der Waals surface area contributed by atoms with Crippen LogP contribution in [0.5, 0.6) is 0 Å². The van der Waals surface area contributed by atoms with Crippen molar-refractivity contribution in [2.75, 3.05) is 11.9 Å². The van der Waals surface area contributed by atoms with Gasteiger partial charge in [-0.3, -0.25) is 0 Å². The molecule has 14 heavy (non-hydrogen) atoms. The highest BCUT2D eigenvalue weighted by molar-refractivity contribution is 5.47. The number of rotatable bonds is 2. The lowest BCUT2D eigenvalue weighted by Gasteiger charge is -2.10. The number of hydrogen-bond donors (Lipinski definition) is 1. The Kier molecular flexibility index (Phi) is 2.98. The summed E-state index contributed by atoms with van der Waals surface area (Å²) in [5.41, 5.74) is -0.975. The molecule has 1 aromatic carbocycles. The lowest BCUT2D eigenvalue weighted by Crippen LogP contribution is -2.07. The van der Waals surface area contributed by atoms with Gasteiger partial charge < -0.3 is 5.32 Å². The van der Waals surface area contributed by atoms with E-state index in [9.17, 15) is 17.6 Å². The van der Waals surface area contributed by atoms with Gasteiger partial charge in [-0.2, -0.15) is 13.2 Å². The Labute approximate surface area is 78.7 Å². The Bertz CT molecular complexity index is 319. The zero-order valence-electron chi connectivity index (χ0n) is 7.45. The minimum atomic E-state index is -4.43. The van der Waals surface area contributed by atoms with Gasteiger partial charge in [-0.05, 0) is 25.1 Å². The fraction of sp³-hybridized carbons (Fsp3) is 0.333. The van der Waals surface area contributed by atoms with Gasteiger partial charge in [-0.1, -0.05) is 0 Å². The molecule has 0 bridgehead atoms. The molecular weight excluding hydrogens is 198 g/mol. The minimum absolute atomic E-state index is 0.123. The molecule has 0 radical (unpaired) electrons. The van der Waals surface area contributed by atoms with Crippen LogP contribution in [-0.4, -0.2) is 6.54 Å². The second-order valence-corrected chi connectivity index (χ2v) is 2.72. The fourth-order valence-corrected chi connectivity index (χ4v) is 1.03. The van der Waals surface area contributed by atoms with Crippen molar-refractivity contribution < 1.29 is 17.6 Å². The summed E-state index contributed by atoms with van der Waals surface area (Å²) in [5, 5.41) is 2.51. The van der Waals surface area contributed by atoms with E-state index in [0.29, 0.717) is 6.54 Å². The van der Waals surface area contributed by atoms with E-state index in [1.165, 1.54) is 0 Å². The van der Waals surface area contributed by atoms with E-state index in [4.69, 9.17) is 0 Å². The van der Waals surface area contributed by atoms with E-state index in [1.807, 2.05) is 0 Å². The quantitative estimate of drug-likeness (QED) is 0.734. The summed E-state index contributed by atoms with van der Waals surface area (Å²) in [6.07, 6.45) is -4.43. The molecule has 0 aliphatic carbocycles. The molecule has 0 saturated carbocycles. The molecule has 0 amide bonds. The molecule has 1 aromatic rings. The van der Waals surface area contributed by atoms with E-state index >= 15 is 0 Å². The molecular formula is C9H9F4N. The standard InChI is InChI=1S/C9H9F4N/c1-2-14-8-5-6(9(11,12)13)3-4-7(8)10/h3-5,14H,2H2,1H3. The van der Waals surface area contributed by atoms with Crippen molar-refractivity contribution in [3.8, 4) is 0 Å². The van der Waals surface area contributed by atoms with Gasteiger partial charge in [0.15, 0.2) is 0 Å². The fourth-order valence-electron chi connectivity index (χ4n) is 1.03. The van der Waals surface area contributed by atoms with Crippen molar-refractivity contribution in [2.24, 2.45) is 0 Å². The maximum absolute atomic E-state index is 12.9. The first-order valence-electron chi connectivity index (χ1n) is 4.05. The van der Waals surface area contributed by atoms with Gasteiger partial charge in [0, 0.05) is 6.54 Å². The third kappa shape index (κ3) is 2.37. The molecule has 0 fully saturated rings. The van der Waals surface area contributed by atoms with Crippen molar-refractivity contribution in [1.29, 1.82) is 0 Å². The molecule has 0 aromatic heterocycles. The molecule has 0 saturated heterocycles. The van der Waals surface area contributed by atoms with Crippen molar-refractivity contribution in [3.63, 3.8) is 0 Å². The number of hydrogen-bond acceptors (Lipinski definition) is 1. The maximum atomic E-state index is 12.9. The second-order valence-electron chi connectivity index (χ2n) is 2.72. The number of nitrogens with one attached hydrogen (secondary N) is 1. The van der Waals surface area contributed by atoms with Crippen LogP contribution in [0.3, 0.4) is 0 Å². The van der Waals surface area contributed by atoms with Gasteiger partial charge in [-0.25, -0.2) is 4.39 Å². The molecule has 0 aliphatic heterocycles. The summed E-state index contributed by atoms with van der Waals surface area (Å²) >= 11 is 0. The normalized spacial score (nSPS) is 11.5. The van der Waals surface area contributed by atoms with E-state index in [1.54, 1.807) is 6.92 Å². The first kappa shape index (κ1) is 10.8. The topological polar surface area (TPSA) is 12.0 Å². The largest absolute Gasteiger partial charge is 0.416 e. The second kappa shape index (κ2) is 3.86. The van der Waals surface area contributed by atoms with Crippen LogP contribution in [0, 0.1) is 5.82 Å². The summed E-state index contributed by atoms with van der Waals surface area (Å²) in [6.45, 7) is 2.05. The predicted molar refractivity (Wildman–Crippen MR) is 45.6 cm³/mol. The Hall–Kier alpha value is -1.26. The van der Waals surface area contributed by atoms with Crippen molar-refractivity contribution in [1.82, 2.24) is 0 Å². The molecule has 0 unspecified atom stereocenters. The Morgan fingerprint density at radius 1 is 1.29 bits per heavy atom. The average Bonchev–Trinajstić information content (AvgIpc) is 2.07. The molecule has 1 nitrogen and oxygen atoms in total. The van der Waals surface area contributed by atoms with Crippen LogP contribution in [0.1, 0.15) is 12.5 Å². The van der Waals surface area contributed by atoms with Crippen molar-refractivity contribution >= 4 is 5.69 Å². The van der Waals surface area contributed by atoms with Gasteiger partial charge in [-0.15, -0.1) is 0 Å². The van der Waals surface area contributed by atoms with Gasteiger partial charge >= 0.3 is 6.18 Å². The summed E-state index contributed by atoms with van der Waals surface area (Å²) in [6, 6.07) is 2.29. The van der Waals surface area contributed by atoms with Crippen molar-refractivity contribution in [3.05, 3.63) is 29.6 Å². The van der Waals surface area contributed by atoms with Gasteiger partial charge in [0.2, 0.25) is 0 Å². The van der Waals surface area contributed by atoms with E-state index < -0.39 is 17.6 Å². The van der Waals surface area contributed by atoms with Crippen LogP contribution in [0.4, 0.5) is 23.2 Å². The van der Waals surface area contributed by atoms with Crippen LogP contribution in [0.2, 0.25) is 0 Å². The van der Waals surface area contributed by atoms with Gasteiger partial charge in [0.05, 0.1) is 11.3 Å². The van der Waals surface area contributed by atoms with Crippen LogP contribution in [0.15, 0.2) is 18.2 Å². The smallest absolute Gasteiger partial charge is 0.383 e. The van der Waals surface area contributed by atoms with E-state index in [0.717, 1.165) is 18.2 Å². The number of anilines is 1. The lowest BCUT2D eigenvalue weighted by molar-refractivity contribution is -0.137. The molecule has 0 aliphatic rings. The number of halogens is 4. The molecule has 0 heterocycles. The molecule has 1 rings (SSSR count). The molecule has 1 N–H and O–H groups in total. The highest BCUT2D eigenvalue weighted by atomic mass is 19.4. The summed E-state index contributed by atoms with van der Waals surface area (Å²) in [5.74, 6) is -0.681. The maximum Gasteiger partial charge on any atom is 0.416 e. The first-order chi connectivity index (χ1) is 6.45. The molecule has 0 atom stereocenters. The highest BCUT2D eigenvalue weighted by Gasteiger charge is 2.30. The molecule has 5 heteroatoms. The molecule has 78 valence electrons. The predicted octanol–water partition coefficient (Wildman–Crippen LogP) is 3.28. The lowest BCUT2D eigenvalue weighted by atomic mass is 10.2. The van der Waals surface area contributed by atoms with E-state index in [2.05, 4.69) is 5.32 Å².